The van der Waals surface area contributed by atoms with E-state index in [1.54, 1.807) is 24.3 Å². The molecule has 308 valence electrons. The number of carbonyl (C=O) groups is 5. The Kier molecular flexibility index (Phi) is 14.4. The van der Waals surface area contributed by atoms with Crippen molar-refractivity contribution in [3.05, 3.63) is 94.8 Å². The molecular weight excluding hydrogens is 805 g/mol. The molecule has 57 heavy (non-hydrogen) atoms. The van der Waals surface area contributed by atoms with Gasteiger partial charge in [-0.3, -0.25) is 29.0 Å². The van der Waals surface area contributed by atoms with E-state index in [0.29, 0.717) is 16.9 Å². The molecule has 13 nitrogen and oxygen atoms in total. The van der Waals surface area contributed by atoms with E-state index >= 15 is 8.78 Å². The summed E-state index contributed by atoms with van der Waals surface area (Å²) >= 11 is 6.17. The van der Waals surface area contributed by atoms with Crippen LogP contribution in [0.4, 0.5) is 22.0 Å². The number of methoxy groups -OCH3 is 1. The molecule has 4 rings (SSSR count). The molecule has 4 amide bonds. The third kappa shape index (κ3) is 11.7. The van der Waals surface area contributed by atoms with Crippen LogP contribution in [0.2, 0.25) is 5.02 Å². The summed E-state index contributed by atoms with van der Waals surface area (Å²) in [5.41, 5.74) is 0.692. The molecule has 3 aromatic rings. The summed E-state index contributed by atoms with van der Waals surface area (Å²) in [5, 5.41) is 4.46. The molecule has 0 bridgehead atoms. The summed E-state index contributed by atoms with van der Waals surface area (Å²) in [5.74, 6) is -14.2. The van der Waals surface area contributed by atoms with Crippen molar-refractivity contribution < 1.29 is 59.1 Å². The number of benzene rings is 2. The number of amides is 4. The number of pyridine rings is 1. The maximum absolute atomic E-state index is 15.0. The molecule has 0 unspecified atom stereocenters. The second-order valence-electron chi connectivity index (χ2n) is 13.6. The standard InChI is InChI=1S/C37H39ClF5N5O8S/c1-21(2)30(31(49)37(42,43)35(53)45-20-36(39,40)41)47-33(51)29-17-26(57(54,55)19-22-10-12-25(56-3)13-11-22)18-48(29)34(52)28(16-23-7-6-8-24(38)15-23)46-32(50)27-9-4-5-14-44-27/h4-15,21,26,28-30H,16-20H2,1-3H3,(H,45,53)(H,46,50)(H,47,51)/t26-,28+,29+,30+/m1/s1. The molecule has 1 aromatic heterocycles. The number of carbonyl (C=O) groups excluding carboxylic acids is 5. The predicted molar refractivity (Wildman–Crippen MR) is 196 cm³/mol. The number of aromatic nitrogens is 1. The summed E-state index contributed by atoms with van der Waals surface area (Å²) in [4.78, 5) is 71.8. The van der Waals surface area contributed by atoms with Crippen molar-refractivity contribution in [2.24, 2.45) is 5.92 Å². The van der Waals surface area contributed by atoms with Gasteiger partial charge in [0, 0.05) is 24.2 Å². The van der Waals surface area contributed by atoms with Crippen LogP contribution in [0, 0.1) is 5.92 Å². The molecule has 0 saturated carbocycles. The Morgan fingerprint density at radius 2 is 1.63 bits per heavy atom. The lowest BCUT2D eigenvalue weighted by molar-refractivity contribution is -0.165. The molecule has 2 heterocycles. The third-order valence-corrected chi connectivity index (χ3v) is 11.3. The Balaban J connectivity index is 1.70. The molecule has 4 atom stereocenters. The number of ether oxygens (including phenoxy) is 1. The number of hydrogen-bond donors (Lipinski definition) is 3. The Hall–Kier alpha value is -5.17. The summed E-state index contributed by atoms with van der Waals surface area (Å²) in [6.07, 6.45) is -4.56. The Labute approximate surface area is 329 Å². The molecular formula is C37H39ClF5N5O8S. The molecule has 1 saturated heterocycles. The van der Waals surface area contributed by atoms with Gasteiger partial charge in [-0.2, -0.15) is 22.0 Å². The zero-order valence-electron chi connectivity index (χ0n) is 30.7. The number of ketones is 1. The predicted octanol–water partition coefficient (Wildman–Crippen LogP) is 3.69. The summed E-state index contributed by atoms with van der Waals surface area (Å²) in [6.45, 7) is -0.357. The smallest absolute Gasteiger partial charge is 0.405 e. The largest absolute Gasteiger partial charge is 0.497 e. The fraction of sp³-hybridized carbons (Fsp3) is 0.405. The number of nitrogens with zero attached hydrogens (tertiary/aromatic N) is 2. The van der Waals surface area contributed by atoms with Gasteiger partial charge in [-0.1, -0.05) is 55.8 Å². The number of rotatable bonds is 16. The van der Waals surface area contributed by atoms with E-state index in [1.807, 2.05) is 0 Å². The topological polar surface area (TPSA) is 181 Å². The number of alkyl halides is 5. The molecule has 0 spiro atoms. The van der Waals surface area contributed by atoms with Crippen LogP contribution in [0.3, 0.4) is 0 Å². The van der Waals surface area contributed by atoms with E-state index in [2.05, 4.69) is 15.6 Å². The van der Waals surface area contributed by atoms with Crippen molar-refractivity contribution in [2.45, 2.75) is 67.9 Å². The van der Waals surface area contributed by atoms with E-state index < -0.39 is 106 Å². The molecule has 0 aliphatic carbocycles. The minimum atomic E-state index is -5.08. The van der Waals surface area contributed by atoms with Crippen molar-refractivity contribution in [1.29, 1.82) is 0 Å². The molecule has 2 aromatic carbocycles. The van der Waals surface area contributed by atoms with E-state index in [4.69, 9.17) is 16.3 Å². The zero-order valence-corrected chi connectivity index (χ0v) is 32.3. The number of likely N-dealkylation sites (tertiary alicyclic amines) is 1. The number of halogens is 6. The minimum Gasteiger partial charge on any atom is -0.497 e. The summed E-state index contributed by atoms with van der Waals surface area (Å²) < 4.78 is 101. The van der Waals surface area contributed by atoms with Gasteiger partial charge in [0.2, 0.25) is 17.6 Å². The van der Waals surface area contributed by atoms with Crippen LogP contribution >= 0.6 is 11.6 Å². The number of nitrogens with one attached hydrogen (secondary N) is 3. The van der Waals surface area contributed by atoms with Gasteiger partial charge in [0.05, 0.1) is 24.2 Å². The SMILES string of the molecule is COc1ccc(CS(=O)(=O)[C@@H]2C[C@@H](C(=O)N[C@H](C(=O)C(F)(F)C(=O)NCC(F)(F)F)C(C)C)N(C(=O)[C@H](Cc3cccc(Cl)c3)NC(=O)c3ccccn3)C2)cc1. The Bertz CT molecular complexity index is 2060. The molecule has 20 heteroatoms. The lowest BCUT2D eigenvalue weighted by Gasteiger charge is -2.31. The highest BCUT2D eigenvalue weighted by Crippen LogP contribution is 2.29. The highest BCUT2D eigenvalue weighted by Gasteiger charge is 2.53. The van der Waals surface area contributed by atoms with Gasteiger partial charge in [0.15, 0.2) is 9.84 Å². The third-order valence-electron chi connectivity index (χ3n) is 9.00. The van der Waals surface area contributed by atoms with E-state index in [9.17, 15) is 45.6 Å². The van der Waals surface area contributed by atoms with Crippen LogP contribution in [-0.4, -0.2) is 103 Å². The lowest BCUT2D eigenvalue weighted by Crippen LogP contribution is -2.60. The first-order valence-corrected chi connectivity index (χ1v) is 19.4. The second kappa shape index (κ2) is 18.4. The fourth-order valence-corrected chi connectivity index (χ4v) is 8.00. The first-order valence-electron chi connectivity index (χ1n) is 17.3. The van der Waals surface area contributed by atoms with Gasteiger partial charge in [-0.05, 0) is 59.9 Å². The molecule has 0 radical (unpaired) electrons. The summed E-state index contributed by atoms with van der Waals surface area (Å²) in [6, 6.07) is 11.3. The van der Waals surface area contributed by atoms with Gasteiger partial charge < -0.3 is 25.6 Å². The van der Waals surface area contributed by atoms with Crippen molar-refractivity contribution in [2.75, 3.05) is 20.2 Å². The van der Waals surface area contributed by atoms with Gasteiger partial charge >= 0.3 is 12.1 Å². The lowest BCUT2D eigenvalue weighted by atomic mass is 9.94. The van der Waals surface area contributed by atoms with Crippen LogP contribution < -0.4 is 20.7 Å². The van der Waals surface area contributed by atoms with Crippen LogP contribution in [0.5, 0.6) is 5.75 Å². The molecule has 3 N–H and O–H groups in total. The second-order valence-corrected chi connectivity index (χ2v) is 16.3. The van der Waals surface area contributed by atoms with Crippen molar-refractivity contribution >= 4 is 50.9 Å². The average Bonchev–Trinajstić information content (AvgIpc) is 3.62. The van der Waals surface area contributed by atoms with Crippen molar-refractivity contribution in [1.82, 2.24) is 25.8 Å². The first kappa shape index (κ1) is 44.5. The van der Waals surface area contributed by atoms with Gasteiger partial charge in [0.25, 0.3) is 11.8 Å². The highest BCUT2D eigenvalue weighted by molar-refractivity contribution is 7.91. The van der Waals surface area contributed by atoms with Crippen molar-refractivity contribution in [3.63, 3.8) is 0 Å². The molecule has 1 fully saturated rings. The van der Waals surface area contributed by atoms with E-state index in [0.717, 1.165) is 10.2 Å². The molecule has 1 aliphatic heterocycles. The zero-order chi connectivity index (χ0) is 42.3. The minimum absolute atomic E-state index is 0.0875. The van der Waals surface area contributed by atoms with Crippen LogP contribution in [0.15, 0.2) is 72.9 Å². The fourth-order valence-electron chi connectivity index (χ4n) is 6.03. The number of hydrogen-bond acceptors (Lipinski definition) is 9. The van der Waals surface area contributed by atoms with E-state index in [-0.39, 0.29) is 17.1 Å². The maximum Gasteiger partial charge on any atom is 0.405 e. The van der Waals surface area contributed by atoms with E-state index in [1.165, 1.54) is 69.6 Å². The normalized spacial score (nSPS) is 17.1. The maximum atomic E-state index is 15.0. The molecule has 1 aliphatic rings. The van der Waals surface area contributed by atoms with Crippen LogP contribution in [0.25, 0.3) is 0 Å². The van der Waals surface area contributed by atoms with Crippen LogP contribution in [-0.2, 0) is 41.2 Å². The Morgan fingerprint density at radius 3 is 2.21 bits per heavy atom. The van der Waals surface area contributed by atoms with Gasteiger partial charge in [-0.15, -0.1) is 0 Å². The van der Waals surface area contributed by atoms with Crippen LogP contribution in [0.1, 0.15) is 41.9 Å². The summed E-state index contributed by atoms with van der Waals surface area (Å²) in [7, 11) is -2.78. The first-order chi connectivity index (χ1) is 26.6. The quantitative estimate of drug-likeness (QED) is 0.143. The van der Waals surface area contributed by atoms with Crippen molar-refractivity contribution in [3.8, 4) is 5.75 Å². The Morgan fingerprint density at radius 1 is 0.947 bits per heavy atom. The monoisotopic (exact) mass is 843 g/mol. The van der Waals surface area contributed by atoms with Gasteiger partial charge in [0.1, 0.15) is 30.1 Å². The average molecular weight is 844 g/mol. The number of Topliss-reactive ketones (excluding diaryl/α,β-unsaturated/α-hetero) is 1. The van der Waals surface area contributed by atoms with Gasteiger partial charge in [-0.25, -0.2) is 8.42 Å². The highest BCUT2D eigenvalue weighted by atomic mass is 35.5. The number of sulfone groups is 1.